The molecule has 0 rings (SSSR count). The lowest BCUT2D eigenvalue weighted by molar-refractivity contribution is -0.118. The molecule has 0 aromatic rings. The maximum Gasteiger partial charge on any atom is 0.250 e. The molecule has 76 valence electrons. The number of carbonyl (C=O) groups is 1. The Morgan fingerprint density at radius 1 is 1.46 bits per heavy atom. The van der Waals surface area contributed by atoms with Gasteiger partial charge < -0.3 is 22.5 Å². The Balaban J connectivity index is 4.46. The summed E-state index contributed by atoms with van der Waals surface area (Å²) in [6, 6.07) is 0. The molecule has 5 heteroatoms. The van der Waals surface area contributed by atoms with Gasteiger partial charge in [-0.05, 0) is 20.8 Å². The van der Waals surface area contributed by atoms with E-state index in [0.717, 1.165) is 0 Å². The highest BCUT2D eigenvalue weighted by Gasteiger charge is 2.16. The Kier molecular flexibility index (Phi) is 3.90. The summed E-state index contributed by atoms with van der Waals surface area (Å²) in [5, 5.41) is 2.58. The van der Waals surface area contributed by atoms with Crippen molar-refractivity contribution in [2.24, 2.45) is 17.2 Å². The van der Waals surface area contributed by atoms with Crippen LogP contribution in [0.1, 0.15) is 20.8 Å². The van der Waals surface area contributed by atoms with Crippen LogP contribution in [0.4, 0.5) is 0 Å². The molecule has 0 spiro atoms. The molecule has 0 unspecified atom stereocenters. The van der Waals surface area contributed by atoms with E-state index in [-0.39, 0.29) is 12.5 Å². The topological polar surface area (TPSA) is 107 Å². The molecule has 0 radical (unpaired) electrons. The number of rotatable bonds is 3. The van der Waals surface area contributed by atoms with Crippen LogP contribution in [0.3, 0.4) is 0 Å². The summed E-state index contributed by atoms with van der Waals surface area (Å²) in [6.07, 6.45) is 0. The second-order valence-corrected chi connectivity index (χ2v) is 3.53. The van der Waals surface area contributed by atoms with Crippen molar-refractivity contribution in [1.82, 2.24) is 5.32 Å². The Bertz CT molecular complexity index is 227. The van der Waals surface area contributed by atoms with Crippen molar-refractivity contribution in [2.45, 2.75) is 26.4 Å². The number of carbonyl (C=O) groups excluding carboxylic acids is 1. The van der Waals surface area contributed by atoms with Gasteiger partial charge in [0.1, 0.15) is 0 Å². The Labute approximate surface area is 78.3 Å². The molecule has 0 heterocycles. The summed E-state index contributed by atoms with van der Waals surface area (Å²) < 4.78 is 0. The Hall–Kier alpha value is -1.07. The molecule has 0 aliphatic heterocycles. The molecule has 5 nitrogen and oxygen atoms in total. The second-order valence-electron chi connectivity index (χ2n) is 3.53. The average Bonchev–Trinajstić information content (AvgIpc) is 1.98. The fourth-order valence-corrected chi connectivity index (χ4v) is 0.685. The zero-order chi connectivity index (χ0) is 10.6. The van der Waals surface area contributed by atoms with Gasteiger partial charge in [0.2, 0.25) is 5.91 Å². The van der Waals surface area contributed by atoms with E-state index >= 15 is 0 Å². The lowest BCUT2D eigenvalue weighted by atomic mass is 10.2. The summed E-state index contributed by atoms with van der Waals surface area (Å²) in [5.41, 5.74) is 16.4. The predicted molar refractivity (Wildman–Crippen MR) is 52.4 cm³/mol. The van der Waals surface area contributed by atoms with Crippen molar-refractivity contribution in [3.05, 3.63) is 11.3 Å². The first-order chi connectivity index (χ1) is 5.78. The van der Waals surface area contributed by atoms with Crippen LogP contribution in [0.2, 0.25) is 0 Å². The van der Waals surface area contributed by atoms with Crippen LogP contribution < -0.4 is 22.5 Å². The highest BCUT2D eigenvalue weighted by molar-refractivity contribution is 5.93. The molecule has 0 aliphatic rings. The van der Waals surface area contributed by atoms with Crippen molar-refractivity contribution in [3.63, 3.8) is 0 Å². The van der Waals surface area contributed by atoms with Crippen molar-refractivity contribution >= 4 is 5.91 Å². The van der Waals surface area contributed by atoms with Gasteiger partial charge in [0, 0.05) is 17.8 Å². The smallest absolute Gasteiger partial charge is 0.250 e. The third-order valence-corrected chi connectivity index (χ3v) is 1.48. The van der Waals surface area contributed by atoms with Gasteiger partial charge in [-0.25, -0.2) is 0 Å². The van der Waals surface area contributed by atoms with E-state index in [4.69, 9.17) is 17.2 Å². The van der Waals surface area contributed by atoms with Crippen LogP contribution in [0.5, 0.6) is 0 Å². The number of hydrogen-bond donors (Lipinski definition) is 4. The highest BCUT2D eigenvalue weighted by atomic mass is 16.2. The number of amides is 1. The first kappa shape index (κ1) is 11.9. The van der Waals surface area contributed by atoms with E-state index in [1.54, 1.807) is 20.8 Å². The summed E-state index contributed by atoms with van der Waals surface area (Å²) in [5.74, 6) is -0.282. The monoisotopic (exact) mass is 186 g/mol. The van der Waals surface area contributed by atoms with Crippen molar-refractivity contribution in [3.8, 4) is 0 Å². The Morgan fingerprint density at radius 2 is 1.92 bits per heavy atom. The SMILES string of the molecule is CC(C(=O)NC(C)(C)N)=C(N)CN. The number of hydrogen-bond acceptors (Lipinski definition) is 4. The van der Waals surface area contributed by atoms with Crippen LogP contribution >= 0.6 is 0 Å². The van der Waals surface area contributed by atoms with E-state index in [1.807, 2.05) is 0 Å². The minimum Gasteiger partial charge on any atom is -0.401 e. The van der Waals surface area contributed by atoms with Crippen LogP contribution in [0, 0.1) is 0 Å². The standard InChI is InChI=1S/C8H18N4O/c1-5(6(10)4-9)7(13)12-8(2,3)11/h4,9-11H2,1-3H3,(H,12,13). The highest BCUT2D eigenvalue weighted by Crippen LogP contribution is 1.99. The van der Waals surface area contributed by atoms with E-state index in [9.17, 15) is 4.79 Å². The van der Waals surface area contributed by atoms with Gasteiger partial charge in [0.15, 0.2) is 0 Å². The molecule has 0 saturated heterocycles. The van der Waals surface area contributed by atoms with Crippen LogP contribution in [-0.4, -0.2) is 18.1 Å². The van der Waals surface area contributed by atoms with Gasteiger partial charge in [-0.3, -0.25) is 4.79 Å². The first-order valence-electron chi connectivity index (χ1n) is 4.04. The summed E-state index contributed by atoms with van der Waals surface area (Å²) in [4.78, 5) is 11.4. The third-order valence-electron chi connectivity index (χ3n) is 1.48. The fraction of sp³-hybridized carbons (Fsp3) is 0.625. The molecule has 0 aromatic heterocycles. The van der Waals surface area contributed by atoms with Gasteiger partial charge in [0.05, 0.1) is 5.66 Å². The van der Waals surface area contributed by atoms with Gasteiger partial charge in [-0.1, -0.05) is 0 Å². The summed E-state index contributed by atoms with van der Waals surface area (Å²) in [7, 11) is 0. The maximum atomic E-state index is 11.4. The zero-order valence-corrected chi connectivity index (χ0v) is 8.35. The largest absolute Gasteiger partial charge is 0.401 e. The van der Waals surface area contributed by atoms with Crippen molar-refractivity contribution in [1.29, 1.82) is 0 Å². The fourth-order valence-electron chi connectivity index (χ4n) is 0.685. The molecular formula is C8H18N4O. The Morgan fingerprint density at radius 3 is 2.23 bits per heavy atom. The lowest BCUT2D eigenvalue weighted by Gasteiger charge is -2.21. The van der Waals surface area contributed by atoms with Crippen molar-refractivity contribution < 1.29 is 4.79 Å². The molecule has 0 aromatic carbocycles. The summed E-state index contributed by atoms with van der Waals surface area (Å²) >= 11 is 0. The molecule has 0 aliphatic carbocycles. The molecule has 0 fully saturated rings. The molecular weight excluding hydrogens is 168 g/mol. The third kappa shape index (κ3) is 4.49. The molecule has 13 heavy (non-hydrogen) atoms. The van der Waals surface area contributed by atoms with Crippen LogP contribution in [0.25, 0.3) is 0 Å². The van der Waals surface area contributed by atoms with Crippen LogP contribution in [-0.2, 0) is 4.79 Å². The predicted octanol–water partition coefficient (Wildman–Crippen LogP) is -1.01. The second kappa shape index (κ2) is 4.25. The minimum absolute atomic E-state index is 0.171. The van der Waals surface area contributed by atoms with Gasteiger partial charge in [-0.2, -0.15) is 0 Å². The van der Waals surface area contributed by atoms with Crippen LogP contribution in [0.15, 0.2) is 11.3 Å². The quantitative estimate of drug-likeness (QED) is 0.334. The molecule has 0 bridgehead atoms. The molecule has 1 amide bonds. The number of nitrogens with one attached hydrogen (secondary N) is 1. The minimum atomic E-state index is -0.743. The summed E-state index contributed by atoms with van der Waals surface area (Å²) in [6.45, 7) is 5.17. The lowest BCUT2D eigenvalue weighted by Crippen LogP contribution is -2.51. The average molecular weight is 186 g/mol. The zero-order valence-electron chi connectivity index (χ0n) is 8.35. The normalized spacial score (nSPS) is 13.6. The van der Waals surface area contributed by atoms with Crippen molar-refractivity contribution in [2.75, 3.05) is 6.54 Å². The van der Waals surface area contributed by atoms with E-state index in [0.29, 0.717) is 11.3 Å². The van der Waals surface area contributed by atoms with Gasteiger partial charge in [-0.15, -0.1) is 0 Å². The molecule has 7 N–H and O–H groups in total. The van der Waals surface area contributed by atoms with Gasteiger partial charge >= 0.3 is 0 Å². The van der Waals surface area contributed by atoms with Gasteiger partial charge in [0.25, 0.3) is 0 Å². The van der Waals surface area contributed by atoms with E-state index in [2.05, 4.69) is 5.32 Å². The maximum absolute atomic E-state index is 11.4. The van der Waals surface area contributed by atoms with E-state index in [1.165, 1.54) is 0 Å². The van der Waals surface area contributed by atoms with E-state index < -0.39 is 5.66 Å². The molecule has 0 saturated carbocycles. The number of nitrogens with two attached hydrogens (primary N) is 3. The first-order valence-corrected chi connectivity index (χ1v) is 4.04. The molecule has 0 atom stereocenters.